The summed E-state index contributed by atoms with van der Waals surface area (Å²) < 4.78 is 5.68. The van der Waals surface area contributed by atoms with Crippen molar-refractivity contribution < 1.29 is 19.4 Å². The summed E-state index contributed by atoms with van der Waals surface area (Å²) in [6.45, 7) is 5.48. The lowest BCUT2D eigenvalue weighted by Gasteiger charge is -2.24. The van der Waals surface area contributed by atoms with E-state index in [2.05, 4.69) is 5.32 Å². The van der Waals surface area contributed by atoms with Crippen LogP contribution in [0.2, 0.25) is 0 Å². The largest absolute Gasteiger partial charge is 0.491 e. The number of rotatable bonds is 6. The van der Waals surface area contributed by atoms with E-state index < -0.39 is 17.7 Å². The lowest BCUT2D eigenvalue weighted by Crippen LogP contribution is -2.43. The van der Waals surface area contributed by atoms with Crippen molar-refractivity contribution in [1.82, 2.24) is 10.2 Å². The molecule has 0 saturated carbocycles. The van der Waals surface area contributed by atoms with Gasteiger partial charge in [0.1, 0.15) is 24.0 Å². The minimum atomic E-state index is -1.20. The van der Waals surface area contributed by atoms with Gasteiger partial charge in [-0.25, -0.2) is 4.79 Å². The van der Waals surface area contributed by atoms with Crippen molar-refractivity contribution in [2.24, 2.45) is 0 Å². The Morgan fingerprint density at radius 2 is 1.71 bits per heavy atom. The number of aryl methyl sites for hydroxylation is 2. The molecule has 1 heterocycles. The molecule has 0 aliphatic carbocycles. The molecule has 0 bridgehead atoms. The maximum atomic E-state index is 13.3. The first-order valence-electron chi connectivity index (χ1n) is 10.3. The maximum absolute atomic E-state index is 13.3. The number of imide groups is 1. The van der Waals surface area contributed by atoms with Crippen molar-refractivity contribution in [2.45, 2.75) is 32.4 Å². The van der Waals surface area contributed by atoms with Crippen molar-refractivity contribution in [1.29, 1.82) is 0 Å². The molecule has 160 valence electrons. The number of aliphatic hydroxyl groups is 1. The van der Waals surface area contributed by atoms with Crippen LogP contribution in [0, 0.1) is 13.8 Å². The molecule has 1 fully saturated rings. The van der Waals surface area contributed by atoms with E-state index in [-0.39, 0.29) is 19.1 Å². The smallest absolute Gasteiger partial charge is 0.325 e. The minimum absolute atomic E-state index is 0.0229. The standard InChI is InChI=1S/C25H26N2O4/c1-16-11-17(2)13-20(12-16)31-15-19(28)14-27-23(29)25(3,26-24(27)30)22-10-6-8-18-7-4-5-9-21(18)22/h4-13,19,28H,14-15H2,1-3H3,(H,26,30)/t19-,25-/m0/s1. The van der Waals surface area contributed by atoms with Gasteiger partial charge in [-0.15, -0.1) is 0 Å². The number of urea groups is 1. The molecule has 1 aliphatic heterocycles. The molecule has 3 aromatic carbocycles. The van der Waals surface area contributed by atoms with E-state index in [4.69, 9.17) is 4.74 Å². The maximum Gasteiger partial charge on any atom is 0.325 e. The first-order chi connectivity index (χ1) is 14.8. The Kier molecular flexibility index (Phi) is 5.41. The Balaban J connectivity index is 1.50. The monoisotopic (exact) mass is 418 g/mol. The summed E-state index contributed by atoms with van der Waals surface area (Å²) in [5, 5.41) is 15.2. The second kappa shape index (κ2) is 8.04. The average Bonchev–Trinajstić information content (AvgIpc) is 2.95. The molecule has 0 radical (unpaired) electrons. The highest BCUT2D eigenvalue weighted by Gasteiger charge is 2.49. The first-order valence-corrected chi connectivity index (χ1v) is 10.3. The predicted octanol–water partition coefficient (Wildman–Crippen LogP) is 3.66. The lowest BCUT2D eigenvalue weighted by atomic mass is 9.88. The summed E-state index contributed by atoms with van der Waals surface area (Å²) in [5.41, 5.74) is 1.65. The van der Waals surface area contributed by atoms with Crippen LogP contribution in [0.4, 0.5) is 4.79 Å². The van der Waals surface area contributed by atoms with Crippen molar-refractivity contribution in [3.8, 4) is 5.75 Å². The molecule has 3 aromatic rings. The fourth-order valence-corrected chi connectivity index (χ4v) is 4.18. The number of fused-ring (bicyclic) bond motifs is 1. The summed E-state index contributed by atoms with van der Waals surface area (Å²) in [4.78, 5) is 27.0. The fourth-order valence-electron chi connectivity index (χ4n) is 4.18. The third-order valence-corrected chi connectivity index (χ3v) is 5.63. The topological polar surface area (TPSA) is 78.9 Å². The third-order valence-electron chi connectivity index (χ3n) is 5.63. The summed E-state index contributed by atoms with van der Waals surface area (Å²) in [5.74, 6) is 0.258. The second-order valence-electron chi connectivity index (χ2n) is 8.29. The van der Waals surface area contributed by atoms with Gasteiger partial charge in [0, 0.05) is 0 Å². The van der Waals surface area contributed by atoms with E-state index in [1.54, 1.807) is 6.92 Å². The van der Waals surface area contributed by atoms with Crippen molar-refractivity contribution in [2.75, 3.05) is 13.2 Å². The van der Waals surface area contributed by atoms with Crippen LogP contribution in [0.5, 0.6) is 5.75 Å². The quantitative estimate of drug-likeness (QED) is 0.599. The SMILES string of the molecule is Cc1cc(C)cc(OC[C@@H](O)CN2C(=O)N[C@@](C)(c3cccc4ccccc34)C2=O)c1. The Hall–Kier alpha value is -3.38. The molecule has 2 N–H and O–H groups in total. The summed E-state index contributed by atoms with van der Waals surface area (Å²) in [6, 6.07) is 18.7. The number of nitrogens with one attached hydrogen (secondary N) is 1. The Bertz CT molecular complexity index is 1130. The van der Waals surface area contributed by atoms with Gasteiger partial charge in [-0.3, -0.25) is 9.69 Å². The number of amides is 3. The molecule has 4 rings (SSSR count). The first kappa shape index (κ1) is 20.9. The van der Waals surface area contributed by atoms with E-state index >= 15 is 0 Å². The van der Waals surface area contributed by atoms with Crippen LogP contribution < -0.4 is 10.1 Å². The Morgan fingerprint density at radius 3 is 2.45 bits per heavy atom. The zero-order valence-corrected chi connectivity index (χ0v) is 17.9. The van der Waals surface area contributed by atoms with Crippen molar-refractivity contribution in [3.05, 3.63) is 77.4 Å². The Morgan fingerprint density at radius 1 is 1.03 bits per heavy atom. The summed E-state index contributed by atoms with van der Waals surface area (Å²) in [7, 11) is 0. The highest BCUT2D eigenvalue weighted by atomic mass is 16.5. The highest BCUT2D eigenvalue weighted by molar-refractivity contribution is 6.09. The number of β-amino-alcohol motifs (C(OH)–C–C–N with tert-alkyl or cyclic N) is 1. The zero-order valence-electron chi connectivity index (χ0n) is 17.9. The van der Waals surface area contributed by atoms with Gasteiger partial charge in [0.05, 0.1) is 6.54 Å². The van der Waals surface area contributed by atoms with Crippen LogP contribution in [0.1, 0.15) is 23.6 Å². The number of hydrogen-bond donors (Lipinski definition) is 2. The Labute approximate surface area is 181 Å². The molecule has 2 atom stereocenters. The second-order valence-corrected chi connectivity index (χ2v) is 8.29. The fraction of sp³-hybridized carbons (Fsp3) is 0.280. The molecule has 0 aromatic heterocycles. The van der Waals surface area contributed by atoms with Gasteiger partial charge in [-0.1, -0.05) is 48.5 Å². The van der Waals surface area contributed by atoms with Gasteiger partial charge in [-0.2, -0.15) is 0 Å². The number of carbonyl (C=O) groups is 2. The van der Waals surface area contributed by atoms with E-state index in [9.17, 15) is 14.7 Å². The zero-order chi connectivity index (χ0) is 22.2. The number of carbonyl (C=O) groups excluding carboxylic acids is 2. The van der Waals surface area contributed by atoms with E-state index in [0.717, 1.165) is 32.4 Å². The van der Waals surface area contributed by atoms with Gasteiger partial charge in [0.25, 0.3) is 5.91 Å². The third kappa shape index (κ3) is 3.99. The molecule has 6 nitrogen and oxygen atoms in total. The van der Waals surface area contributed by atoms with Crippen LogP contribution in [0.3, 0.4) is 0 Å². The van der Waals surface area contributed by atoms with Gasteiger partial charge in [-0.05, 0) is 60.4 Å². The highest BCUT2D eigenvalue weighted by Crippen LogP contribution is 2.33. The van der Waals surface area contributed by atoms with Crippen LogP contribution >= 0.6 is 0 Å². The molecule has 0 spiro atoms. The lowest BCUT2D eigenvalue weighted by molar-refractivity contribution is -0.132. The number of benzene rings is 3. The number of hydrogen-bond acceptors (Lipinski definition) is 4. The predicted molar refractivity (Wildman–Crippen MR) is 119 cm³/mol. The molecule has 1 aliphatic rings. The number of aliphatic hydroxyl groups excluding tert-OH is 1. The van der Waals surface area contributed by atoms with Gasteiger partial charge < -0.3 is 15.2 Å². The average molecular weight is 418 g/mol. The normalized spacial score (nSPS) is 19.5. The van der Waals surface area contributed by atoms with Crippen LogP contribution in [0.15, 0.2) is 60.7 Å². The molecule has 0 unspecified atom stereocenters. The van der Waals surface area contributed by atoms with E-state index in [1.165, 1.54) is 0 Å². The van der Waals surface area contributed by atoms with Gasteiger partial charge in [0.15, 0.2) is 0 Å². The van der Waals surface area contributed by atoms with Crippen molar-refractivity contribution >= 4 is 22.7 Å². The summed E-state index contributed by atoms with van der Waals surface area (Å²) >= 11 is 0. The minimum Gasteiger partial charge on any atom is -0.491 e. The number of nitrogens with zero attached hydrogens (tertiary/aromatic N) is 1. The van der Waals surface area contributed by atoms with Crippen LogP contribution in [0.25, 0.3) is 10.8 Å². The van der Waals surface area contributed by atoms with Crippen molar-refractivity contribution in [3.63, 3.8) is 0 Å². The molecular formula is C25H26N2O4. The van der Waals surface area contributed by atoms with Crippen LogP contribution in [-0.4, -0.2) is 41.2 Å². The van der Waals surface area contributed by atoms with Gasteiger partial charge in [0.2, 0.25) is 0 Å². The molecule has 3 amide bonds. The molecular weight excluding hydrogens is 392 g/mol. The van der Waals surface area contributed by atoms with E-state index in [1.807, 2.05) is 74.5 Å². The van der Waals surface area contributed by atoms with Gasteiger partial charge >= 0.3 is 6.03 Å². The molecule has 1 saturated heterocycles. The molecule has 31 heavy (non-hydrogen) atoms. The van der Waals surface area contributed by atoms with E-state index in [0.29, 0.717) is 5.75 Å². The number of ether oxygens (including phenoxy) is 1. The summed E-state index contributed by atoms with van der Waals surface area (Å²) in [6.07, 6.45) is -1.01. The van der Waals surface area contributed by atoms with Crippen LogP contribution in [-0.2, 0) is 10.3 Å². The molecule has 6 heteroatoms.